The van der Waals surface area contributed by atoms with Crippen LogP contribution in [0.15, 0.2) is 16.7 Å². The molecule has 1 unspecified atom stereocenters. The van der Waals surface area contributed by atoms with Gasteiger partial charge >= 0.3 is 0 Å². The lowest BCUT2D eigenvalue weighted by molar-refractivity contribution is -0.140. The van der Waals surface area contributed by atoms with E-state index in [1.807, 2.05) is 19.9 Å². The fourth-order valence-electron chi connectivity index (χ4n) is 2.77. The molecule has 0 bridgehead atoms. The lowest BCUT2D eigenvalue weighted by Gasteiger charge is -2.29. The Balaban J connectivity index is 2.04. The zero-order chi connectivity index (χ0) is 14.9. The zero-order valence-corrected chi connectivity index (χ0v) is 12.6. The van der Waals surface area contributed by atoms with Crippen molar-refractivity contribution in [2.24, 2.45) is 5.41 Å². The van der Waals surface area contributed by atoms with E-state index in [1.54, 1.807) is 30.0 Å². The number of furan rings is 1. The molecule has 2 rings (SSSR count). The van der Waals surface area contributed by atoms with E-state index in [9.17, 15) is 9.59 Å². The molecule has 1 aromatic rings. The maximum atomic E-state index is 12.6. The minimum absolute atomic E-state index is 0.0369. The SMILES string of the molecule is CC(=O)N1CCC(C)(C(=O)N(C)Cc2ccoc2C)C1. The summed E-state index contributed by atoms with van der Waals surface area (Å²) in [5.41, 5.74) is 0.545. The van der Waals surface area contributed by atoms with E-state index in [2.05, 4.69) is 0 Å². The molecule has 0 aromatic carbocycles. The number of hydrogen-bond acceptors (Lipinski definition) is 3. The van der Waals surface area contributed by atoms with Gasteiger partial charge in [-0.1, -0.05) is 0 Å². The van der Waals surface area contributed by atoms with Gasteiger partial charge in [0, 0.05) is 39.2 Å². The molecule has 1 aromatic heterocycles. The predicted molar refractivity (Wildman–Crippen MR) is 74.9 cm³/mol. The van der Waals surface area contributed by atoms with Crippen molar-refractivity contribution in [2.75, 3.05) is 20.1 Å². The smallest absolute Gasteiger partial charge is 0.230 e. The molecule has 1 atom stereocenters. The molecule has 110 valence electrons. The van der Waals surface area contributed by atoms with Crippen molar-refractivity contribution in [3.05, 3.63) is 23.7 Å². The summed E-state index contributed by atoms with van der Waals surface area (Å²) in [7, 11) is 1.80. The van der Waals surface area contributed by atoms with Gasteiger partial charge in [0.15, 0.2) is 0 Å². The van der Waals surface area contributed by atoms with Crippen molar-refractivity contribution in [1.29, 1.82) is 0 Å². The lowest BCUT2D eigenvalue weighted by atomic mass is 9.88. The second kappa shape index (κ2) is 5.31. The second-order valence-corrected chi connectivity index (χ2v) is 5.91. The molecule has 5 heteroatoms. The average molecular weight is 278 g/mol. The van der Waals surface area contributed by atoms with E-state index < -0.39 is 5.41 Å². The first-order valence-corrected chi connectivity index (χ1v) is 6.87. The molecule has 1 saturated heterocycles. The number of amides is 2. The van der Waals surface area contributed by atoms with Crippen molar-refractivity contribution in [3.63, 3.8) is 0 Å². The molecule has 5 nitrogen and oxygen atoms in total. The van der Waals surface area contributed by atoms with Crippen molar-refractivity contribution in [1.82, 2.24) is 9.80 Å². The van der Waals surface area contributed by atoms with Crippen LogP contribution in [-0.2, 0) is 16.1 Å². The third-order valence-electron chi connectivity index (χ3n) is 4.16. The third-order valence-corrected chi connectivity index (χ3v) is 4.16. The topological polar surface area (TPSA) is 53.8 Å². The lowest BCUT2D eigenvalue weighted by Crippen LogP contribution is -2.42. The van der Waals surface area contributed by atoms with Gasteiger partial charge in [0.25, 0.3) is 0 Å². The van der Waals surface area contributed by atoms with Gasteiger partial charge in [-0.15, -0.1) is 0 Å². The first-order chi connectivity index (χ1) is 9.33. The predicted octanol–water partition coefficient (Wildman–Crippen LogP) is 1.80. The Labute approximate surface area is 119 Å². The number of aryl methyl sites for hydroxylation is 1. The highest BCUT2D eigenvalue weighted by atomic mass is 16.3. The maximum Gasteiger partial charge on any atom is 0.230 e. The van der Waals surface area contributed by atoms with E-state index in [-0.39, 0.29) is 11.8 Å². The quantitative estimate of drug-likeness (QED) is 0.847. The summed E-state index contributed by atoms with van der Waals surface area (Å²) in [6.45, 7) is 7.09. The minimum atomic E-state index is -0.474. The van der Waals surface area contributed by atoms with E-state index in [0.29, 0.717) is 19.6 Å². The van der Waals surface area contributed by atoms with Gasteiger partial charge < -0.3 is 14.2 Å². The van der Waals surface area contributed by atoms with Crippen molar-refractivity contribution < 1.29 is 14.0 Å². The largest absolute Gasteiger partial charge is 0.469 e. The number of nitrogens with zero attached hydrogens (tertiary/aromatic N) is 2. The molecule has 1 fully saturated rings. The molecular formula is C15H22N2O3. The summed E-state index contributed by atoms with van der Waals surface area (Å²) in [5, 5.41) is 0. The fraction of sp³-hybridized carbons (Fsp3) is 0.600. The van der Waals surface area contributed by atoms with Gasteiger partial charge in [-0.05, 0) is 26.3 Å². The molecule has 2 amide bonds. The van der Waals surface area contributed by atoms with Gasteiger partial charge in [0.2, 0.25) is 11.8 Å². The van der Waals surface area contributed by atoms with Crippen LogP contribution in [0.1, 0.15) is 31.6 Å². The molecule has 0 saturated carbocycles. The Kier molecular flexibility index (Phi) is 3.88. The average Bonchev–Trinajstić information content (AvgIpc) is 2.97. The number of carbonyl (C=O) groups is 2. The number of carbonyl (C=O) groups excluding carboxylic acids is 2. The molecular weight excluding hydrogens is 256 g/mol. The Morgan fingerprint density at radius 2 is 2.20 bits per heavy atom. The van der Waals surface area contributed by atoms with Crippen LogP contribution < -0.4 is 0 Å². The Bertz CT molecular complexity index is 523. The Hall–Kier alpha value is -1.78. The highest BCUT2D eigenvalue weighted by Gasteiger charge is 2.42. The van der Waals surface area contributed by atoms with Crippen LogP contribution in [0.25, 0.3) is 0 Å². The molecule has 0 spiro atoms. The maximum absolute atomic E-state index is 12.6. The molecule has 1 aliphatic rings. The highest BCUT2D eigenvalue weighted by molar-refractivity contribution is 5.84. The van der Waals surface area contributed by atoms with Crippen LogP contribution >= 0.6 is 0 Å². The summed E-state index contributed by atoms with van der Waals surface area (Å²) < 4.78 is 5.25. The Morgan fingerprint density at radius 1 is 1.50 bits per heavy atom. The van der Waals surface area contributed by atoms with Gasteiger partial charge in [-0.2, -0.15) is 0 Å². The van der Waals surface area contributed by atoms with Gasteiger partial charge in [0.05, 0.1) is 11.7 Å². The Morgan fingerprint density at radius 3 is 2.70 bits per heavy atom. The van der Waals surface area contributed by atoms with Gasteiger partial charge in [-0.25, -0.2) is 0 Å². The van der Waals surface area contributed by atoms with Crippen molar-refractivity contribution in [2.45, 2.75) is 33.7 Å². The molecule has 1 aliphatic heterocycles. The molecule has 0 aliphatic carbocycles. The molecule has 0 N–H and O–H groups in total. The third kappa shape index (κ3) is 2.71. The van der Waals surface area contributed by atoms with Crippen LogP contribution in [0.5, 0.6) is 0 Å². The number of likely N-dealkylation sites (tertiary alicyclic amines) is 1. The summed E-state index contributed by atoms with van der Waals surface area (Å²) in [4.78, 5) is 27.5. The summed E-state index contributed by atoms with van der Waals surface area (Å²) in [6, 6.07) is 1.89. The molecule has 20 heavy (non-hydrogen) atoms. The van der Waals surface area contributed by atoms with E-state index in [4.69, 9.17) is 4.42 Å². The van der Waals surface area contributed by atoms with Crippen LogP contribution in [-0.4, -0.2) is 41.8 Å². The van der Waals surface area contributed by atoms with Crippen LogP contribution in [0.4, 0.5) is 0 Å². The fourth-order valence-corrected chi connectivity index (χ4v) is 2.77. The van der Waals surface area contributed by atoms with Gasteiger partial charge in [-0.3, -0.25) is 9.59 Å². The molecule has 2 heterocycles. The summed E-state index contributed by atoms with van der Waals surface area (Å²) >= 11 is 0. The molecule has 0 radical (unpaired) electrons. The summed E-state index contributed by atoms with van der Waals surface area (Å²) in [5.74, 6) is 0.961. The highest BCUT2D eigenvalue weighted by Crippen LogP contribution is 2.32. The van der Waals surface area contributed by atoms with Crippen LogP contribution in [0.2, 0.25) is 0 Å². The first-order valence-electron chi connectivity index (χ1n) is 6.87. The van der Waals surface area contributed by atoms with Crippen molar-refractivity contribution in [3.8, 4) is 0 Å². The van der Waals surface area contributed by atoms with Crippen molar-refractivity contribution >= 4 is 11.8 Å². The van der Waals surface area contributed by atoms with E-state index >= 15 is 0 Å². The first kappa shape index (κ1) is 14.6. The van der Waals surface area contributed by atoms with E-state index in [1.165, 1.54) is 0 Å². The standard InChI is InChI=1S/C15H22N2O3/c1-11-13(5-8-20-11)9-16(4)14(19)15(3)6-7-17(10-15)12(2)18/h5,8H,6-7,9-10H2,1-4H3. The minimum Gasteiger partial charge on any atom is -0.469 e. The number of rotatable bonds is 3. The zero-order valence-electron chi connectivity index (χ0n) is 12.6. The van der Waals surface area contributed by atoms with E-state index in [0.717, 1.165) is 17.7 Å². The van der Waals surface area contributed by atoms with Crippen LogP contribution in [0, 0.1) is 12.3 Å². The monoisotopic (exact) mass is 278 g/mol. The van der Waals surface area contributed by atoms with Crippen LogP contribution in [0.3, 0.4) is 0 Å². The van der Waals surface area contributed by atoms with Gasteiger partial charge in [0.1, 0.15) is 5.76 Å². The summed E-state index contributed by atoms with van der Waals surface area (Å²) in [6.07, 6.45) is 2.36. The second-order valence-electron chi connectivity index (χ2n) is 5.91. The number of hydrogen-bond donors (Lipinski definition) is 0. The normalized spacial score (nSPS) is 22.1.